The van der Waals surface area contributed by atoms with Crippen LogP contribution in [0.15, 0.2) is 35.5 Å². The molecule has 0 amide bonds. The highest BCUT2D eigenvalue weighted by molar-refractivity contribution is 5.78. The predicted molar refractivity (Wildman–Crippen MR) is 200 cm³/mol. The van der Waals surface area contributed by atoms with Gasteiger partial charge in [0.1, 0.15) is 0 Å². The summed E-state index contributed by atoms with van der Waals surface area (Å²) in [6, 6.07) is 0.656. The van der Waals surface area contributed by atoms with E-state index in [0.29, 0.717) is 64.6 Å². The molecule has 5 saturated carbocycles. The molecular formula is C45H68N2O3. The number of hydrogen-bond donors (Lipinski definition) is 1. The van der Waals surface area contributed by atoms with Gasteiger partial charge in [0.05, 0.1) is 25.2 Å². The van der Waals surface area contributed by atoms with Crippen molar-refractivity contribution in [2.24, 2.45) is 69.0 Å². The predicted octanol–water partition coefficient (Wildman–Crippen LogP) is 8.75. The molecule has 2 saturated heterocycles. The van der Waals surface area contributed by atoms with Crippen LogP contribution in [0.5, 0.6) is 0 Å². The zero-order valence-corrected chi connectivity index (χ0v) is 32.6. The third-order valence-corrected chi connectivity index (χ3v) is 18.5. The first-order valence-corrected chi connectivity index (χ1v) is 21.1. The van der Waals surface area contributed by atoms with Gasteiger partial charge < -0.3 is 14.8 Å². The minimum atomic E-state index is 0.0325. The Hall–Kier alpha value is -1.43. The Kier molecular flexibility index (Phi) is 7.92. The van der Waals surface area contributed by atoms with E-state index in [9.17, 15) is 4.79 Å². The SMILES string of the molecule is C=C(C)[C@@H]1CC[C@]2(NCCN3C[C@H]4C[C@@H]3CO4)CC[C@]3(C)[C@H](CC[C@@H]4[C@@]5(C)CC=C(C6=CC7C(C6)C7C(=O)OCC)C(C)(C)[C@@H]5CC[C@]43C)[C@@H]12. The smallest absolute Gasteiger partial charge is 0.309 e. The van der Waals surface area contributed by atoms with Gasteiger partial charge in [-0.05, 0) is 159 Å². The van der Waals surface area contributed by atoms with E-state index in [1.165, 1.54) is 76.3 Å². The van der Waals surface area contributed by atoms with E-state index >= 15 is 0 Å². The lowest BCUT2D eigenvalue weighted by Gasteiger charge is -2.72. The van der Waals surface area contributed by atoms with E-state index < -0.39 is 0 Å². The van der Waals surface area contributed by atoms with E-state index in [2.05, 4.69) is 70.5 Å². The van der Waals surface area contributed by atoms with E-state index in [4.69, 9.17) is 9.47 Å². The minimum absolute atomic E-state index is 0.0325. The third kappa shape index (κ3) is 4.63. The number of carbonyl (C=O) groups is 1. The summed E-state index contributed by atoms with van der Waals surface area (Å²) in [5.41, 5.74) is 6.14. The number of nitrogens with one attached hydrogen (secondary N) is 1. The molecule has 0 spiro atoms. The summed E-state index contributed by atoms with van der Waals surface area (Å²) >= 11 is 0. The number of carbonyl (C=O) groups excluding carboxylic acids is 1. The standard InChI is InChI=1S/C45H68N2O3/c1-9-49-40(48)38-32-22-28(23-33(32)38)34-13-15-42(6)36(41(34,4)5)14-16-44(8)37(42)11-10-35-39-31(27(2)3)12-17-45(39,19-18-43(35,44)7)46-20-21-47-25-30-24-29(47)26-50-30/h13,22,29-33,35-39,46H,2,9-12,14-21,23-26H2,1,3-8H3/t29-,30-,31+,32?,33?,35-,36+,37-,38?,39-,42+,43-,44-,45+/m1/s1. The van der Waals surface area contributed by atoms with Crippen molar-refractivity contribution < 1.29 is 14.3 Å². The summed E-state index contributed by atoms with van der Waals surface area (Å²) < 4.78 is 11.3. The van der Waals surface area contributed by atoms with Crippen LogP contribution in [0, 0.1) is 69.0 Å². The Morgan fingerprint density at radius 1 is 1.04 bits per heavy atom. The van der Waals surface area contributed by atoms with Crippen molar-refractivity contribution >= 4 is 5.97 Å². The number of nitrogens with zero attached hydrogens (tertiary/aromatic N) is 1. The van der Waals surface area contributed by atoms with E-state index in [0.717, 1.165) is 38.0 Å². The van der Waals surface area contributed by atoms with Gasteiger partial charge in [-0.15, -0.1) is 0 Å². The molecule has 0 radical (unpaired) electrons. The molecule has 276 valence electrons. The molecular weight excluding hydrogens is 617 g/mol. The maximum absolute atomic E-state index is 12.5. The molecule has 7 fully saturated rings. The van der Waals surface area contributed by atoms with Crippen LogP contribution >= 0.6 is 0 Å². The summed E-state index contributed by atoms with van der Waals surface area (Å²) in [4.78, 5) is 15.2. The summed E-state index contributed by atoms with van der Waals surface area (Å²) in [5, 5.41) is 4.36. The molecule has 2 bridgehead atoms. The minimum Gasteiger partial charge on any atom is -0.466 e. The number of allylic oxidation sites excluding steroid dienone is 5. The average molecular weight is 685 g/mol. The van der Waals surface area contributed by atoms with Crippen LogP contribution in [0.25, 0.3) is 0 Å². The molecule has 9 aliphatic rings. The lowest BCUT2D eigenvalue weighted by molar-refractivity contribution is -0.221. The van der Waals surface area contributed by atoms with E-state index in [1.54, 1.807) is 11.1 Å². The zero-order chi connectivity index (χ0) is 35.0. The number of hydrogen-bond acceptors (Lipinski definition) is 5. The van der Waals surface area contributed by atoms with Crippen LogP contribution in [-0.2, 0) is 14.3 Å². The van der Waals surface area contributed by atoms with Crippen molar-refractivity contribution in [1.82, 2.24) is 10.2 Å². The van der Waals surface area contributed by atoms with Crippen LogP contribution in [0.2, 0.25) is 0 Å². The number of fused-ring (bicyclic) bond motifs is 10. The highest BCUT2D eigenvalue weighted by Gasteiger charge is 2.71. The van der Waals surface area contributed by atoms with Crippen LogP contribution in [0.1, 0.15) is 119 Å². The van der Waals surface area contributed by atoms with E-state index in [1.807, 2.05) is 6.92 Å². The average Bonchev–Trinajstić information content (AvgIpc) is 3.58. The fraction of sp³-hybridized carbons (Fsp3) is 0.844. The Morgan fingerprint density at radius 2 is 1.86 bits per heavy atom. The maximum atomic E-state index is 12.5. The topological polar surface area (TPSA) is 50.8 Å². The number of ether oxygens (including phenoxy) is 2. The maximum Gasteiger partial charge on any atom is 0.309 e. The summed E-state index contributed by atoms with van der Waals surface area (Å²) in [6.07, 6.45) is 20.1. The molecule has 7 aliphatic carbocycles. The fourth-order valence-corrected chi connectivity index (χ4v) is 16.0. The molecule has 14 atom stereocenters. The summed E-state index contributed by atoms with van der Waals surface area (Å²) in [5.74, 6) is 4.66. The molecule has 50 heavy (non-hydrogen) atoms. The molecule has 2 heterocycles. The monoisotopic (exact) mass is 685 g/mol. The number of likely N-dealkylation sites (tertiary alicyclic amines) is 1. The van der Waals surface area contributed by atoms with Gasteiger partial charge in [-0.3, -0.25) is 9.69 Å². The molecule has 2 aliphatic heterocycles. The first kappa shape index (κ1) is 34.3. The highest BCUT2D eigenvalue weighted by atomic mass is 16.5. The molecule has 0 aromatic carbocycles. The van der Waals surface area contributed by atoms with Gasteiger partial charge in [-0.2, -0.15) is 0 Å². The molecule has 9 rings (SSSR count). The van der Waals surface area contributed by atoms with Crippen molar-refractivity contribution in [1.29, 1.82) is 0 Å². The van der Waals surface area contributed by atoms with Crippen LogP contribution < -0.4 is 5.32 Å². The van der Waals surface area contributed by atoms with Gasteiger partial charge in [0, 0.05) is 31.2 Å². The highest BCUT2D eigenvalue weighted by Crippen LogP contribution is 2.77. The quantitative estimate of drug-likeness (QED) is 0.205. The number of esters is 1. The Bertz CT molecular complexity index is 1500. The molecule has 5 nitrogen and oxygen atoms in total. The number of morpholine rings is 1. The first-order chi connectivity index (χ1) is 23.8. The van der Waals surface area contributed by atoms with Crippen molar-refractivity contribution in [3.63, 3.8) is 0 Å². The van der Waals surface area contributed by atoms with Gasteiger partial charge in [-0.25, -0.2) is 0 Å². The second kappa shape index (κ2) is 11.5. The molecule has 3 unspecified atom stereocenters. The Morgan fingerprint density at radius 3 is 2.54 bits per heavy atom. The second-order valence-electron chi connectivity index (χ2n) is 20.6. The summed E-state index contributed by atoms with van der Waals surface area (Å²) in [7, 11) is 0. The first-order valence-electron chi connectivity index (χ1n) is 21.1. The van der Waals surface area contributed by atoms with Crippen molar-refractivity contribution in [3.8, 4) is 0 Å². The van der Waals surface area contributed by atoms with Gasteiger partial charge in [-0.1, -0.05) is 58.9 Å². The molecule has 0 aromatic rings. The normalized spacial score (nSPS) is 51.1. The Labute approximate surface area is 303 Å². The lowest BCUT2D eigenvalue weighted by Crippen LogP contribution is -2.68. The number of rotatable bonds is 8. The van der Waals surface area contributed by atoms with Crippen molar-refractivity contribution in [2.45, 2.75) is 137 Å². The lowest BCUT2D eigenvalue weighted by atomic mass is 9.33. The molecule has 5 heteroatoms. The van der Waals surface area contributed by atoms with Crippen LogP contribution in [0.3, 0.4) is 0 Å². The second-order valence-corrected chi connectivity index (χ2v) is 20.6. The van der Waals surface area contributed by atoms with Gasteiger partial charge in [0.2, 0.25) is 0 Å². The van der Waals surface area contributed by atoms with Gasteiger partial charge in [0.15, 0.2) is 0 Å². The Balaban J connectivity index is 0.960. The van der Waals surface area contributed by atoms with Crippen LogP contribution in [0.4, 0.5) is 0 Å². The third-order valence-electron chi connectivity index (χ3n) is 18.5. The van der Waals surface area contributed by atoms with Crippen molar-refractivity contribution in [3.05, 3.63) is 35.5 Å². The fourth-order valence-electron chi connectivity index (χ4n) is 16.0. The zero-order valence-electron chi connectivity index (χ0n) is 32.6. The summed E-state index contributed by atoms with van der Waals surface area (Å²) in [6.45, 7) is 27.3. The molecule has 0 aromatic heterocycles. The van der Waals surface area contributed by atoms with E-state index in [-0.39, 0.29) is 22.8 Å². The van der Waals surface area contributed by atoms with Gasteiger partial charge in [0.25, 0.3) is 0 Å². The molecule has 1 N–H and O–H groups in total. The van der Waals surface area contributed by atoms with Gasteiger partial charge >= 0.3 is 5.97 Å². The van der Waals surface area contributed by atoms with Crippen molar-refractivity contribution in [2.75, 3.05) is 32.8 Å². The largest absolute Gasteiger partial charge is 0.466 e. The van der Waals surface area contributed by atoms with Crippen LogP contribution in [-0.4, -0.2) is 61.4 Å².